The summed E-state index contributed by atoms with van der Waals surface area (Å²) < 4.78 is 13.0. The van der Waals surface area contributed by atoms with Crippen LogP contribution in [0.4, 0.5) is 0 Å². The number of carbonyl (C=O) groups is 4. The Kier molecular flexibility index (Phi) is 13.0. The predicted octanol–water partition coefficient (Wildman–Crippen LogP) is 4.82. The van der Waals surface area contributed by atoms with E-state index in [0.29, 0.717) is 58.0 Å². The van der Waals surface area contributed by atoms with Gasteiger partial charge in [0, 0.05) is 39.2 Å². The van der Waals surface area contributed by atoms with Gasteiger partial charge in [0.25, 0.3) is 0 Å². The van der Waals surface area contributed by atoms with Crippen molar-refractivity contribution in [2.24, 2.45) is 11.8 Å². The third-order valence-electron chi connectivity index (χ3n) is 10.6. The number of aliphatic hydroxyl groups is 1. The largest absolute Gasteiger partial charge is 0.455 e. The van der Waals surface area contributed by atoms with Crippen molar-refractivity contribution in [3.05, 3.63) is 61.2 Å². The molecular formula is C38H55N3O7. The quantitative estimate of drug-likeness (QED) is 0.128. The molecule has 1 aromatic rings. The SMILES string of the molecule is C=CCCC(=O)N(C)[C@H](C)[C@H](OC(=O)[C@@H]1[C@H]2C(=O)N(CCCCCO)[C@H](C(=O)N(CC=C)C(C)CCC)[C@]23CC[C@H]1O3)c1ccccc1. The van der Waals surface area contributed by atoms with Gasteiger partial charge in [-0.25, -0.2) is 0 Å². The highest BCUT2D eigenvalue weighted by molar-refractivity contribution is 5.98. The molecule has 0 saturated carbocycles. The molecule has 1 spiro atoms. The van der Waals surface area contributed by atoms with Gasteiger partial charge in [0.05, 0.1) is 24.0 Å². The minimum atomic E-state index is -1.14. The van der Waals surface area contributed by atoms with Crippen molar-refractivity contribution in [2.45, 2.75) is 114 Å². The van der Waals surface area contributed by atoms with E-state index < -0.39 is 47.7 Å². The van der Waals surface area contributed by atoms with Gasteiger partial charge in [-0.05, 0) is 64.4 Å². The molecule has 1 aromatic carbocycles. The number of nitrogens with zero attached hydrogens (tertiary/aromatic N) is 3. The number of carbonyl (C=O) groups excluding carboxylic acids is 4. The van der Waals surface area contributed by atoms with Gasteiger partial charge in [0.15, 0.2) is 0 Å². The summed E-state index contributed by atoms with van der Waals surface area (Å²) in [6.45, 7) is 14.3. The van der Waals surface area contributed by atoms with Crippen LogP contribution < -0.4 is 0 Å². The summed E-state index contributed by atoms with van der Waals surface area (Å²) in [4.78, 5) is 61.4. The standard InChI is InChI=1S/C38H55N3O7/c1-7-10-20-30(43)39(6)27(5)33(28-18-13-11-14-19-28)47-37(46)31-29-21-22-38(48-29)32(31)35(44)41(24-15-12-16-25-42)34(38)36(45)40(23-9-3)26(4)17-8-2/h7,9,11,13-14,18-19,26-27,29,31-34,42H,1,3,8,10,12,15-17,20-25H2,2,4-6H3/t26?,27-,29-,31+,32+,33+,34-,38+/m1/s1. The molecule has 8 atom stereocenters. The van der Waals surface area contributed by atoms with Crippen LogP contribution in [0, 0.1) is 11.8 Å². The van der Waals surface area contributed by atoms with Crippen molar-refractivity contribution in [3.63, 3.8) is 0 Å². The van der Waals surface area contributed by atoms with Crippen molar-refractivity contribution in [1.82, 2.24) is 14.7 Å². The number of ether oxygens (including phenoxy) is 2. The molecule has 264 valence electrons. The Balaban J connectivity index is 1.67. The summed E-state index contributed by atoms with van der Waals surface area (Å²) in [5.41, 5.74) is -0.405. The fourth-order valence-electron chi connectivity index (χ4n) is 7.99. The molecule has 3 saturated heterocycles. The van der Waals surface area contributed by atoms with E-state index in [2.05, 4.69) is 20.1 Å². The van der Waals surface area contributed by atoms with Crippen molar-refractivity contribution >= 4 is 23.7 Å². The second kappa shape index (κ2) is 16.7. The van der Waals surface area contributed by atoms with Gasteiger partial charge in [-0.2, -0.15) is 0 Å². The van der Waals surface area contributed by atoms with Gasteiger partial charge in [0.2, 0.25) is 17.7 Å². The molecule has 48 heavy (non-hydrogen) atoms. The van der Waals surface area contributed by atoms with Crippen molar-refractivity contribution < 1.29 is 33.8 Å². The average Bonchev–Trinajstić information content (AvgIpc) is 3.73. The van der Waals surface area contributed by atoms with Crippen LogP contribution in [0.15, 0.2) is 55.6 Å². The molecule has 4 rings (SSSR count). The lowest BCUT2D eigenvalue weighted by atomic mass is 9.70. The van der Waals surface area contributed by atoms with E-state index in [1.807, 2.05) is 44.2 Å². The number of likely N-dealkylation sites (N-methyl/N-ethyl adjacent to an activating group) is 1. The second-order valence-electron chi connectivity index (χ2n) is 13.6. The summed E-state index contributed by atoms with van der Waals surface area (Å²) in [5.74, 6) is -2.83. The number of aliphatic hydroxyl groups excluding tert-OH is 1. The number of unbranched alkanes of at least 4 members (excludes halogenated alkanes) is 2. The van der Waals surface area contributed by atoms with Gasteiger partial charge in [-0.3, -0.25) is 19.2 Å². The molecule has 3 aliphatic heterocycles. The summed E-state index contributed by atoms with van der Waals surface area (Å²) in [5, 5.41) is 9.35. The number of hydrogen-bond acceptors (Lipinski definition) is 7. The lowest BCUT2D eigenvalue weighted by molar-refractivity contribution is -0.164. The molecule has 0 radical (unpaired) electrons. The Morgan fingerprint density at radius 3 is 2.52 bits per heavy atom. The van der Waals surface area contributed by atoms with E-state index in [1.54, 1.807) is 33.9 Å². The number of esters is 1. The number of amides is 3. The number of likely N-dealkylation sites (tertiary alicyclic amines) is 1. The molecule has 10 heteroatoms. The number of allylic oxidation sites excluding steroid dienone is 1. The Hall–Kier alpha value is -3.50. The summed E-state index contributed by atoms with van der Waals surface area (Å²) in [7, 11) is 1.70. The van der Waals surface area contributed by atoms with Crippen LogP contribution in [-0.2, 0) is 28.7 Å². The predicted molar refractivity (Wildman–Crippen MR) is 183 cm³/mol. The first-order valence-corrected chi connectivity index (χ1v) is 17.7. The first kappa shape index (κ1) is 37.3. The highest BCUT2D eigenvalue weighted by Crippen LogP contribution is 2.59. The van der Waals surface area contributed by atoms with Gasteiger partial charge in [-0.15, -0.1) is 13.2 Å². The number of benzene rings is 1. The van der Waals surface area contributed by atoms with E-state index in [1.165, 1.54) is 0 Å². The molecule has 0 aromatic heterocycles. The van der Waals surface area contributed by atoms with Crippen LogP contribution in [0.25, 0.3) is 0 Å². The smallest absolute Gasteiger partial charge is 0.313 e. The lowest BCUT2D eigenvalue weighted by Crippen LogP contribution is -2.57. The number of hydrogen-bond donors (Lipinski definition) is 1. The first-order chi connectivity index (χ1) is 23.1. The molecular weight excluding hydrogens is 610 g/mol. The topological polar surface area (TPSA) is 117 Å². The lowest BCUT2D eigenvalue weighted by Gasteiger charge is -2.39. The van der Waals surface area contributed by atoms with Crippen molar-refractivity contribution in [1.29, 1.82) is 0 Å². The fraction of sp³-hybridized carbons (Fsp3) is 0.632. The van der Waals surface area contributed by atoms with E-state index in [-0.39, 0.29) is 30.4 Å². The van der Waals surface area contributed by atoms with Crippen LogP contribution in [0.2, 0.25) is 0 Å². The van der Waals surface area contributed by atoms with Crippen molar-refractivity contribution in [2.75, 3.05) is 26.7 Å². The van der Waals surface area contributed by atoms with E-state index in [9.17, 15) is 24.3 Å². The van der Waals surface area contributed by atoms with E-state index >= 15 is 0 Å². The minimum Gasteiger partial charge on any atom is -0.455 e. The van der Waals surface area contributed by atoms with E-state index in [0.717, 1.165) is 18.4 Å². The zero-order valence-corrected chi connectivity index (χ0v) is 29.2. The zero-order valence-electron chi connectivity index (χ0n) is 29.2. The zero-order chi connectivity index (χ0) is 35.0. The number of fused-ring (bicyclic) bond motifs is 1. The molecule has 3 heterocycles. The molecule has 3 aliphatic rings. The molecule has 3 amide bonds. The number of rotatable bonds is 19. The van der Waals surface area contributed by atoms with E-state index in [4.69, 9.17) is 9.47 Å². The second-order valence-corrected chi connectivity index (χ2v) is 13.6. The normalized spacial score (nSPS) is 26.0. The van der Waals surface area contributed by atoms with Crippen LogP contribution in [0.5, 0.6) is 0 Å². The van der Waals surface area contributed by atoms with Gasteiger partial charge >= 0.3 is 5.97 Å². The monoisotopic (exact) mass is 665 g/mol. The molecule has 3 fully saturated rings. The van der Waals surface area contributed by atoms with Crippen LogP contribution in [0.1, 0.15) is 90.2 Å². The van der Waals surface area contributed by atoms with Crippen LogP contribution in [-0.4, -0.2) is 100 Å². The third-order valence-corrected chi connectivity index (χ3v) is 10.6. The summed E-state index contributed by atoms with van der Waals surface area (Å²) in [6, 6.07) is 7.89. The third kappa shape index (κ3) is 7.39. The maximum atomic E-state index is 14.6. The fourth-order valence-corrected chi connectivity index (χ4v) is 7.99. The maximum Gasteiger partial charge on any atom is 0.313 e. The van der Waals surface area contributed by atoms with Crippen LogP contribution >= 0.6 is 0 Å². The highest BCUT2D eigenvalue weighted by atomic mass is 16.6. The Labute approximate surface area is 286 Å². The Morgan fingerprint density at radius 2 is 1.88 bits per heavy atom. The van der Waals surface area contributed by atoms with Crippen LogP contribution in [0.3, 0.4) is 0 Å². The average molecular weight is 666 g/mol. The van der Waals surface area contributed by atoms with Gasteiger partial charge < -0.3 is 29.3 Å². The van der Waals surface area contributed by atoms with Gasteiger partial charge in [0.1, 0.15) is 17.7 Å². The molecule has 1 unspecified atom stereocenters. The Bertz CT molecular complexity index is 1300. The molecule has 1 N–H and O–H groups in total. The minimum absolute atomic E-state index is 0.0548. The van der Waals surface area contributed by atoms with Crippen molar-refractivity contribution in [3.8, 4) is 0 Å². The summed E-state index contributed by atoms with van der Waals surface area (Å²) >= 11 is 0. The first-order valence-electron chi connectivity index (χ1n) is 17.7. The Morgan fingerprint density at radius 1 is 1.15 bits per heavy atom. The molecule has 0 aliphatic carbocycles. The maximum absolute atomic E-state index is 14.6. The van der Waals surface area contributed by atoms with Gasteiger partial charge in [-0.1, -0.05) is 55.8 Å². The molecule has 2 bridgehead atoms. The molecule has 10 nitrogen and oxygen atoms in total. The highest BCUT2D eigenvalue weighted by Gasteiger charge is 2.75. The summed E-state index contributed by atoms with van der Waals surface area (Å²) in [6.07, 6.45) is 7.53.